The molecule has 3 nitrogen and oxygen atoms in total. The van der Waals surface area contributed by atoms with Crippen molar-refractivity contribution in [2.24, 2.45) is 11.3 Å². The zero-order valence-electron chi connectivity index (χ0n) is 13.3. The molecule has 0 bridgehead atoms. The van der Waals surface area contributed by atoms with E-state index in [0.29, 0.717) is 17.5 Å². The van der Waals surface area contributed by atoms with Gasteiger partial charge in [-0.05, 0) is 50.4 Å². The standard InChI is InChI=1S/C16H31NO2/c1-6-12(2)17(11-15(18)19)14-9-7-13(8-10-14)16(3,4)5/h12-14H,6-11H2,1-5H3,(H,18,19). The molecule has 3 heteroatoms. The molecule has 1 atom stereocenters. The molecule has 19 heavy (non-hydrogen) atoms. The van der Waals surface area contributed by atoms with Gasteiger partial charge in [-0.15, -0.1) is 0 Å². The lowest BCUT2D eigenvalue weighted by Gasteiger charge is -2.42. The third-order valence-corrected chi connectivity index (χ3v) is 4.87. The molecule has 112 valence electrons. The minimum absolute atomic E-state index is 0.194. The van der Waals surface area contributed by atoms with Gasteiger partial charge < -0.3 is 5.11 Å². The van der Waals surface area contributed by atoms with Gasteiger partial charge in [0.2, 0.25) is 0 Å². The normalized spacial score (nSPS) is 26.4. The fraction of sp³-hybridized carbons (Fsp3) is 0.938. The average Bonchev–Trinajstić information content (AvgIpc) is 2.34. The summed E-state index contributed by atoms with van der Waals surface area (Å²) < 4.78 is 0. The highest BCUT2D eigenvalue weighted by molar-refractivity contribution is 5.69. The Balaban J connectivity index is 2.61. The molecule has 0 aromatic heterocycles. The first-order chi connectivity index (χ1) is 8.75. The molecule has 1 rings (SSSR count). The number of nitrogens with zero attached hydrogens (tertiary/aromatic N) is 1. The van der Waals surface area contributed by atoms with E-state index < -0.39 is 5.97 Å². The maximum absolute atomic E-state index is 11.1. The van der Waals surface area contributed by atoms with Gasteiger partial charge in [0, 0.05) is 12.1 Å². The van der Waals surface area contributed by atoms with E-state index in [2.05, 4.69) is 39.5 Å². The lowest BCUT2D eigenvalue weighted by molar-refractivity contribution is -0.140. The summed E-state index contributed by atoms with van der Waals surface area (Å²) in [5.74, 6) is 0.0885. The number of carboxylic acid groups (broad SMARTS) is 1. The van der Waals surface area contributed by atoms with Crippen LogP contribution in [0.3, 0.4) is 0 Å². The number of hydrogen-bond donors (Lipinski definition) is 1. The van der Waals surface area contributed by atoms with E-state index in [9.17, 15) is 4.79 Å². The Hall–Kier alpha value is -0.570. The predicted octanol–water partition coefficient (Wildman–Crippen LogP) is 3.78. The van der Waals surface area contributed by atoms with Gasteiger partial charge in [-0.3, -0.25) is 9.69 Å². The lowest BCUT2D eigenvalue weighted by atomic mass is 9.71. The molecule has 1 saturated carbocycles. The molecule has 1 fully saturated rings. The van der Waals surface area contributed by atoms with E-state index >= 15 is 0 Å². The van der Waals surface area contributed by atoms with E-state index in [0.717, 1.165) is 25.2 Å². The molecule has 1 N–H and O–H groups in total. The molecule has 0 saturated heterocycles. The zero-order chi connectivity index (χ0) is 14.6. The van der Waals surface area contributed by atoms with Crippen LogP contribution >= 0.6 is 0 Å². The van der Waals surface area contributed by atoms with Crippen molar-refractivity contribution < 1.29 is 9.90 Å². The topological polar surface area (TPSA) is 40.5 Å². The van der Waals surface area contributed by atoms with Crippen LogP contribution in [0.2, 0.25) is 0 Å². The molecule has 0 spiro atoms. The van der Waals surface area contributed by atoms with Gasteiger partial charge in [0.15, 0.2) is 0 Å². The maximum atomic E-state index is 11.1. The number of aliphatic carboxylic acids is 1. The summed E-state index contributed by atoms with van der Waals surface area (Å²) >= 11 is 0. The highest BCUT2D eigenvalue weighted by Crippen LogP contribution is 2.39. The smallest absolute Gasteiger partial charge is 0.317 e. The summed E-state index contributed by atoms with van der Waals surface area (Å²) in [6.07, 6.45) is 5.80. The van der Waals surface area contributed by atoms with E-state index in [1.54, 1.807) is 0 Å². The fourth-order valence-corrected chi connectivity index (χ4v) is 3.31. The maximum Gasteiger partial charge on any atom is 0.317 e. The summed E-state index contributed by atoms with van der Waals surface area (Å²) in [6.45, 7) is 11.4. The number of rotatable bonds is 5. The van der Waals surface area contributed by atoms with Crippen LogP contribution in [0, 0.1) is 11.3 Å². The molecule has 1 aliphatic carbocycles. The third kappa shape index (κ3) is 4.79. The van der Waals surface area contributed by atoms with Crippen molar-refractivity contribution in [2.45, 2.75) is 78.8 Å². The Morgan fingerprint density at radius 1 is 1.26 bits per heavy atom. The van der Waals surface area contributed by atoms with Crippen LogP contribution in [-0.4, -0.2) is 34.6 Å². The van der Waals surface area contributed by atoms with Crippen molar-refractivity contribution in [3.05, 3.63) is 0 Å². The summed E-state index contributed by atoms with van der Waals surface area (Å²) in [4.78, 5) is 13.3. The third-order valence-electron chi connectivity index (χ3n) is 4.87. The molecule has 0 amide bonds. The minimum Gasteiger partial charge on any atom is -0.480 e. The summed E-state index contributed by atoms with van der Waals surface area (Å²) in [6, 6.07) is 0.830. The molecule has 1 unspecified atom stereocenters. The van der Waals surface area contributed by atoms with Gasteiger partial charge >= 0.3 is 5.97 Å². The SMILES string of the molecule is CCC(C)N(CC(=O)O)C1CCC(C(C)(C)C)CC1. The summed E-state index contributed by atoms with van der Waals surface area (Å²) in [5.41, 5.74) is 0.388. The van der Waals surface area contributed by atoms with Crippen LogP contribution in [0.5, 0.6) is 0 Å². The summed E-state index contributed by atoms with van der Waals surface area (Å²) in [5, 5.41) is 9.10. The van der Waals surface area contributed by atoms with Crippen LogP contribution < -0.4 is 0 Å². The molecule has 0 aromatic carbocycles. The van der Waals surface area contributed by atoms with Gasteiger partial charge in [-0.25, -0.2) is 0 Å². The molecule has 0 radical (unpaired) electrons. The van der Waals surface area contributed by atoms with Crippen LogP contribution in [-0.2, 0) is 4.79 Å². The zero-order valence-corrected chi connectivity index (χ0v) is 13.3. The first-order valence-electron chi connectivity index (χ1n) is 7.73. The molecule has 1 aliphatic rings. The summed E-state index contributed by atoms with van der Waals surface area (Å²) in [7, 11) is 0. The fourth-order valence-electron chi connectivity index (χ4n) is 3.31. The van der Waals surface area contributed by atoms with Gasteiger partial charge in [0.05, 0.1) is 6.54 Å². The van der Waals surface area contributed by atoms with Crippen molar-refractivity contribution in [2.75, 3.05) is 6.54 Å². The Morgan fingerprint density at radius 2 is 1.79 bits per heavy atom. The Bertz CT molecular complexity index is 288. The Morgan fingerprint density at radius 3 is 2.16 bits per heavy atom. The predicted molar refractivity (Wildman–Crippen MR) is 79.3 cm³/mol. The first-order valence-corrected chi connectivity index (χ1v) is 7.73. The molecular formula is C16H31NO2. The van der Waals surface area contributed by atoms with Gasteiger partial charge in [-0.1, -0.05) is 27.7 Å². The van der Waals surface area contributed by atoms with E-state index in [-0.39, 0.29) is 6.54 Å². The average molecular weight is 269 g/mol. The highest BCUT2D eigenvalue weighted by atomic mass is 16.4. The lowest BCUT2D eigenvalue weighted by Crippen LogP contribution is -2.46. The van der Waals surface area contributed by atoms with Crippen LogP contribution in [0.4, 0.5) is 0 Å². The number of carboxylic acids is 1. The first kappa shape index (κ1) is 16.5. The second-order valence-electron chi connectivity index (χ2n) is 7.19. The number of hydrogen-bond acceptors (Lipinski definition) is 2. The molecule has 0 heterocycles. The van der Waals surface area contributed by atoms with E-state index in [1.807, 2.05) is 0 Å². The second-order valence-corrected chi connectivity index (χ2v) is 7.19. The van der Waals surface area contributed by atoms with Crippen molar-refractivity contribution >= 4 is 5.97 Å². The van der Waals surface area contributed by atoms with Crippen molar-refractivity contribution in [3.63, 3.8) is 0 Å². The van der Waals surface area contributed by atoms with Crippen LogP contribution in [0.1, 0.15) is 66.7 Å². The van der Waals surface area contributed by atoms with Crippen molar-refractivity contribution in [1.82, 2.24) is 4.90 Å². The minimum atomic E-state index is -0.696. The molecule has 0 aliphatic heterocycles. The van der Waals surface area contributed by atoms with Crippen LogP contribution in [0.25, 0.3) is 0 Å². The molecule has 0 aromatic rings. The highest BCUT2D eigenvalue weighted by Gasteiger charge is 2.33. The van der Waals surface area contributed by atoms with E-state index in [4.69, 9.17) is 5.11 Å². The molecular weight excluding hydrogens is 238 g/mol. The van der Waals surface area contributed by atoms with Crippen molar-refractivity contribution in [1.29, 1.82) is 0 Å². The van der Waals surface area contributed by atoms with Gasteiger partial charge in [0.1, 0.15) is 0 Å². The van der Waals surface area contributed by atoms with Crippen molar-refractivity contribution in [3.8, 4) is 0 Å². The monoisotopic (exact) mass is 269 g/mol. The Kier molecular flexibility index (Phi) is 5.84. The van der Waals surface area contributed by atoms with Gasteiger partial charge in [0.25, 0.3) is 0 Å². The number of carbonyl (C=O) groups is 1. The van der Waals surface area contributed by atoms with E-state index in [1.165, 1.54) is 12.8 Å². The van der Waals surface area contributed by atoms with Crippen LogP contribution in [0.15, 0.2) is 0 Å². The van der Waals surface area contributed by atoms with Gasteiger partial charge in [-0.2, -0.15) is 0 Å². The quantitative estimate of drug-likeness (QED) is 0.825. The largest absolute Gasteiger partial charge is 0.480 e. The second kappa shape index (κ2) is 6.74. The Labute approximate surface area is 118 Å².